The number of aryl methyl sites for hydroxylation is 2. The number of unbranched alkanes of at least 4 members (excludes halogenated alkanes) is 8. The Morgan fingerprint density at radius 2 is 1.26 bits per heavy atom. The van der Waals surface area contributed by atoms with Crippen molar-refractivity contribution in [2.75, 3.05) is 26.4 Å². The second-order valence-electron chi connectivity index (χ2n) is 10.3. The van der Waals surface area contributed by atoms with Crippen molar-refractivity contribution in [2.45, 2.75) is 97.3 Å². The summed E-state index contributed by atoms with van der Waals surface area (Å²) in [6.45, 7) is 9.90. The fourth-order valence-corrected chi connectivity index (χ4v) is 4.74. The van der Waals surface area contributed by atoms with Crippen LogP contribution in [0.3, 0.4) is 0 Å². The summed E-state index contributed by atoms with van der Waals surface area (Å²) in [6.07, 6.45) is 15.0. The highest BCUT2D eigenvalue weighted by Crippen LogP contribution is 2.34. The Hall–Kier alpha value is -2.79. The molecule has 5 heteroatoms. The standard InChI is InChI=1S/C34H50O5/c1-4-6-8-10-12-14-29-24-31(38-21-20-28(3)26-35)16-18-33(29)34-19-17-32(39-23-22-37-27-36)25-30(34)15-13-11-9-7-5-2/h16-19,24-25,27,35H,3-15,20-23,26H2,1-2H3. The first-order chi connectivity index (χ1) is 19.1. The molecule has 0 amide bonds. The van der Waals surface area contributed by atoms with E-state index in [0.717, 1.165) is 42.8 Å². The van der Waals surface area contributed by atoms with Gasteiger partial charge in [-0.2, -0.15) is 0 Å². The summed E-state index contributed by atoms with van der Waals surface area (Å²) >= 11 is 0. The third-order valence-electron chi connectivity index (χ3n) is 7.03. The van der Waals surface area contributed by atoms with Gasteiger partial charge in [-0.3, -0.25) is 4.79 Å². The summed E-state index contributed by atoms with van der Waals surface area (Å²) in [5.74, 6) is 1.67. The predicted octanol–water partition coefficient (Wildman–Crippen LogP) is 8.25. The van der Waals surface area contributed by atoms with Gasteiger partial charge in [-0.1, -0.05) is 83.9 Å². The number of rotatable bonds is 23. The summed E-state index contributed by atoms with van der Waals surface area (Å²) in [5.41, 5.74) is 5.90. The second-order valence-corrected chi connectivity index (χ2v) is 10.3. The van der Waals surface area contributed by atoms with Crippen molar-refractivity contribution in [3.05, 3.63) is 59.7 Å². The molecular formula is C34H50O5. The third-order valence-corrected chi connectivity index (χ3v) is 7.03. The molecule has 0 spiro atoms. The Bertz CT molecular complexity index is 968. The molecule has 0 saturated carbocycles. The van der Waals surface area contributed by atoms with Gasteiger partial charge in [0.15, 0.2) is 0 Å². The lowest BCUT2D eigenvalue weighted by atomic mass is 9.90. The Morgan fingerprint density at radius 3 is 1.74 bits per heavy atom. The minimum Gasteiger partial charge on any atom is -0.493 e. The van der Waals surface area contributed by atoms with Crippen molar-refractivity contribution in [2.24, 2.45) is 0 Å². The smallest absolute Gasteiger partial charge is 0.293 e. The topological polar surface area (TPSA) is 65.0 Å². The van der Waals surface area contributed by atoms with Gasteiger partial charge in [0.2, 0.25) is 0 Å². The lowest BCUT2D eigenvalue weighted by Gasteiger charge is -2.18. The first kappa shape index (κ1) is 32.4. The molecule has 0 saturated heterocycles. The zero-order valence-corrected chi connectivity index (χ0v) is 24.3. The van der Waals surface area contributed by atoms with Crippen molar-refractivity contribution in [3.8, 4) is 22.6 Å². The fourth-order valence-electron chi connectivity index (χ4n) is 4.74. The van der Waals surface area contributed by atoms with Gasteiger partial charge in [-0.25, -0.2) is 0 Å². The van der Waals surface area contributed by atoms with Gasteiger partial charge in [-0.15, -0.1) is 0 Å². The van der Waals surface area contributed by atoms with Crippen LogP contribution in [0.15, 0.2) is 48.6 Å². The Balaban J connectivity index is 2.29. The largest absolute Gasteiger partial charge is 0.493 e. The van der Waals surface area contributed by atoms with Crippen LogP contribution in [0.5, 0.6) is 11.5 Å². The van der Waals surface area contributed by atoms with Crippen LogP contribution >= 0.6 is 0 Å². The van der Waals surface area contributed by atoms with Crippen LogP contribution < -0.4 is 9.47 Å². The maximum Gasteiger partial charge on any atom is 0.293 e. The molecule has 0 aliphatic heterocycles. The molecular weight excluding hydrogens is 488 g/mol. The zero-order chi connectivity index (χ0) is 28.1. The van der Waals surface area contributed by atoms with Crippen molar-refractivity contribution >= 4 is 6.47 Å². The highest BCUT2D eigenvalue weighted by atomic mass is 16.5. The van der Waals surface area contributed by atoms with Crippen LogP contribution in [0.4, 0.5) is 0 Å². The van der Waals surface area contributed by atoms with Crippen LogP contribution in [0.2, 0.25) is 0 Å². The highest BCUT2D eigenvalue weighted by Gasteiger charge is 2.13. The molecule has 5 nitrogen and oxygen atoms in total. The third kappa shape index (κ3) is 12.7. The Morgan fingerprint density at radius 1 is 0.744 bits per heavy atom. The normalized spacial score (nSPS) is 10.8. The molecule has 0 unspecified atom stereocenters. The SMILES string of the molecule is C=C(CO)CCOc1ccc(-c2ccc(OCCOC=O)cc2CCCCCCC)c(CCCCCCC)c1. The van der Waals surface area contributed by atoms with Crippen LogP contribution in [0.1, 0.15) is 95.6 Å². The van der Waals surface area contributed by atoms with Crippen molar-refractivity contribution in [1.29, 1.82) is 0 Å². The fraction of sp³-hybridized carbons (Fsp3) is 0.559. The average molecular weight is 539 g/mol. The average Bonchev–Trinajstić information content (AvgIpc) is 2.95. The van der Waals surface area contributed by atoms with Crippen LogP contribution in [0.25, 0.3) is 11.1 Å². The highest BCUT2D eigenvalue weighted by molar-refractivity contribution is 5.72. The lowest BCUT2D eigenvalue weighted by molar-refractivity contribution is -0.129. The van der Waals surface area contributed by atoms with E-state index in [-0.39, 0.29) is 13.2 Å². The monoisotopic (exact) mass is 538 g/mol. The molecule has 0 aliphatic carbocycles. The van der Waals surface area contributed by atoms with Crippen LogP contribution in [-0.2, 0) is 22.4 Å². The summed E-state index contributed by atoms with van der Waals surface area (Å²) < 4.78 is 16.7. The van der Waals surface area contributed by atoms with E-state index in [4.69, 9.17) is 14.2 Å². The molecule has 0 heterocycles. The molecule has 0 atom stereocenters. The summed E-state index contributed by atoms with van der Waals surface area (Å²) in [6, 6.07) is 12.8. The van der Waals surface area contributed by atoms with E-state index < -0.39 is 0 Å². The number of hydrogen-bond donors (Lipinski definition) is 1. The van der Waals surface area contributed by atoms with E-state index >= 15 is 0 Å². The lowest BCUT2D eigenvalue weighted by Crippen LogP contribution is -2.06. The summed E-state index contributed by atoms with van der Waals surface area (Å²) in [4.78, 5) is 10.4. The van der Waals surface area contributed by atoms with E-state index in [1.807, 2.05) is 6.07 Å². The molecule has 0 radical (unpaired) electrons. The first-order valence-corrected chi connectivity index (χ1v) is 15.0. The molecule has 0 aromatic heterocycles. The molecule has 0 bridgehead atoms. The number of aliphatic hydroxyl groups is 1. The number of ether oxygens (including phenoxy) is 3. The number of benzene rings is 2. The minimum atomic E-state index is -0.00362. The summed E-state index contributed by atoms with van der Waals surface area (Å²) in [5, 5.41) is 9.23. The molecule has 2 aromatic carbocycles. The molecule has 2 aromatic rings. The number of hydrogen-bond acceptors (Lipinski definition) is 5. The number of carbonyl (C=O) groups is 1. The van der Waals surface area contributed by atoms with Gasteiger partial charge < -0.3 is 19.3 Å². The summed E-state index contributed by atoms with van der Waals surface area (Å²) in [7, 11) is 0. The van der Waals surface area contributed by atoms with E-state index in [1.54, 1.807) is 0 Å². The van der Waals surface area contributed by atoms with Crippen LogP contribution in [-0.4, -0.2) is 38.0 Å². The number of aliphatic hydroxyl groups excluding tert-OH is 1. The minimum absolute atomic E-state index is 0.00362. The molecule has 2 rings (SSSR count). The van der Waals surface area contributed by atoms with E-state index in [2.05, 4.69) is 50.8 Å². The van der Waals surface area contributed by atoms with Gasteiger partial charge in [0.1, 0.15) is 24.7 Å². The van der Waals surface area contributed by atoms with Gasteiger partial charge in [0.25, 0.3) is 6.47 Å². The predicted molar refractivity (Wildman–Crippen MR) is 161 cm³/mol. The zero-order valence-electron chi connectivity index (χ0n) is 24.3. The maximum absolute atomic E-state index is 10.4. The quantitative estimate of drug-likeness (QED) is 0.0876. The maximum atomic E-state index is 10.4. The van der Waals surface area contributed by atoms with Gasteiger partial charge in [0, 0.05) is 6.42 Å². The van der Waals surface area contributed by atoms with Gasteiger partial charge >= 0.3 is 0 Å². The Kier molecular flexibility index (Phi) is 16.8. The number of carbonyl (C=O) groups excluding carboxylic acids is 1. The van der Waals surface area contributed by atoms with E-state index in [9.17, 15) is 9.90 Å². The molecule has 39 heavy (non-hydrogen) atoms. The molecule has 1 N–H and O–H groups in total. The molecule has 0 aliphatic rings. The van der Waals surface area contributed by atoms with Crippen LogP contribution in [0, 0.1) is 0 Å². The van der Waals surface area contributed by atoms with Crippen molar-refractivity contribution in [1.82, 2.24) is 0 Å². The molecule has 0 fully saturated rings. The second kappa shape index (κ2) is 20.2. The first-order valence-electron chi connectivity index (χ1n) is 15.0. The van der Waals surface area contributed by atoms with Crippen molar-refractivity contribution in [3.63, 3.8) is 0 Å². The Labute approximate surface area is 236 Å². The molecule has 216 valence electrons. The van der Waals surface area contributed by atoms with Gasteiger partial charge in [0.05, 0.1) is 13.2 Å². The van der Waals surface area contributed by atoms with Gasteiger partial charge in [-0.05, 0) is 77.8 Å². The van der Waals surface area contributed by atoms with E-state index in [1.165, 1.54) is 73.6 Å². The van der Waals surface area contributed by atoms with E-state index in [0.29, 0.717) is 26.1 Å². The van der Waals surface area contributed by atoms with Crippen molar-refractivity contribution < 1.29 is 24.1 Å².